The summed E-state index contributed by atoms with van der Waals surface area (Å²) in [6.07, 6.45) is -8.11. The molecule has 2 aromatic carbocycles. The molecule has 6 nitrogen and oxygen atoms in total. The Kier molecular flexibility index (Phi) is 11.5. The Bertz CT molecular complexity index is 1430. The Morgan fingerprint density at radius 3 is 1.55 bits per heavy atom. The molecule has 0 radical (unpaired) electrons. The van der Waals surface area contributed by atoms with Crippen molar-refractivity contribution in [2.24, 2.45) is 0 Å². The van der Waals surface area contributed by atoms with E-state index in [2.05, 4.69) is 0 Å². The van der Waals surface area contributed by atoms with Crippen LogP contribution in [0.3, 0.4) is 0 Å². The molecule has 0 spiro atoms. The van der Waals surface area contributed by atoms with Crippen LogP contribution in [0, 0.1) is 0 Å². The van der Waals surface area contributed by atoms with Crippen molar-refractivity contribution in [2.75, 3.05) is 27.8 Å². The Morgan fingerprint density at radius 2 is 1.14 bits per heavy atom. The molecule has 0 saturated heterocycles. The molecule has 0 amide bonds. The molecule has 4 rings (SSSR count). The van der Waals surface area contributed by atoms with Crippen LogP contribution < -0.4 is 9.47 Å². The number of ether oxygens (including phenoxy) is 4. The normalized spacial score (nSPS) is 11.5. The molecule has 0 saturated carbocycles. The monoisotopic (exact) mass is 634 g/mol. The van der Waals surface area contributed by atoms with E-state index in [1.54, 1.807) is 10.8 Å². The van der Waals surface area contributed by atoms with Gasteiger partial charge in [0.25, 0.3) is 0 Å². The molecule has 4 aromatic rings. The molecule has 0 aliphatic heterocycles. The highest BCUT2D eigenvalue weighted by Crippen LogP contribution is 2.41. The summed E-state index contributed by atoms with van der Waals surface area (Å²) in [4.78, 5) is 12.2. The van der Waals surface area contributed by atoms with Gasteiger partial charge in [-0.05, 0) is 35.4 Å². The van der Waals surface area contributed by atoms with Crippen LogP contribution in [0.15, 0.2) is 59.3 Å². The number of carbonyl (C=O) groups is 1. The highest BCUT2D eigenvalue weighted by molar-refractivity contribution is 7.14. The first-order valence-electron chi connectivity index (χ1n) is 11.8. The van der Waals surface area contributed by atoms with Gasteiger partial charge in [-0.2, -0.15) is 26.3 Å². The predicted octanol–water partition coefficient (Wildman–Crippen LogP) is 8.14. The molecule has 0 fully saturated rings. The summed E-state index contributed by atoms with van der Waals surface area (Å²) in [6.45, 7) is -0.265. The number of hydrogen-bond donors (Lipinski definition) is 1. The molecule has 0 atom stereocenters. The topological polar surface area (TPSA) is 74.2 Å². The fourth-order valence-corrected chi connectivity index (χ4v) is 5.47. The summed E-state index contributed by atoms with van der Waals surface area (Å²) in [7, 11) is 2.90. The summed E-state index contributed by atoms with van der Waals surface area (Å²) < 4.78 is 95.6. The number of aldehydes is 1. The molecular weight excluding hydrogens is 610 g/mol. The third-order valence-electron chi connectivity index (χ3n) is 5.48. The van der Waals surface area contributed by atoms with Crippen molar-refractivity contribution in [3.63, 3.8) is 0 Å². The quantitative estimate of drug-likeness (QED) is 0.108. The van der Waals surface area contributed by atoms with Gasteiger partial charge in [0.2, 0.25) is 0 Å². The number of methoxy groups -OCH3 is 2. The first-order chi connectivity index (χ1) is 19.9. The van der Waals surface area contributed by atoms with Gasteiger partial charge in [-0.25, -0.2) is 0 Å². The lowest BCUT2D eigenvalue weighted by Crippen LogP contribution is -2.04. The minimum absolute atomic E-state index is 0.00261. The van der Waals surface area contributed by atoms with E-state index >= 15 is 0 Å². The van der Waals surface area contributed by atoms with Gasteiger partial charge in [0.1, 0.15) is 5.75 Å². The van der Waals surface area contributed by atoms with Crippen molar-refractivity contribution in [3.05, 3.63) is 81.5 Å². The predicted molar refractivity (Wildman–Crippen MR) is 146 cm³/mol. The van der Waals surface area contributed by atoms with E-state index < -0.39 is 23.5 Å². The zero-order valence-electron chi connectivity index (χ0n) is 22.0. The number of alkyl halides is 6. The van der Waals surface area contributed by atoms with Gasteiger partial charge in [0.15, 0.2) is 25.6 Å². The van der Waals surface area contributed by atoms with Crippen molar-refractivity contribution in [1.82, 2.24) is 0 Å². The first-order valence-corrected chi connectivity index (χ1v) is 13.6. The van der Waals surface area contributed by atoms with E-state index in [1.165, 1.54) is 61.2 Å². The van der Waals surface area contributed by atoms with Crippen LogP contribution >= 0.6 is 22.7 Å². The lowest BCUT2D eigenvalue weighted by atomic mass is 10.1. The maximum atomic E-state index is 12.6. The van der Waals surface area contributed by atoms with Crippen LogP contribution in [-0.4, -0.2) is 39.2 Å². The van der Waals surface area contributed by atoms with Crippen LogP contribution in [0.4, 0.5) is 26.3 Å². The van der Waals surface area contributed by atoms with Gasteiger partial charge in [0, 0.05) is 30.5 Å². The van der Waals surface area contributed by atoms with Gasteiger partial charge in [0.05, 0.1) is 33.1 Å². The number of rotatable bonds is 10. The van der Waals surface area contributed by atoms with Gasteiger partial charge in [-0.15, -0.1) is 22.7 Å². The number of halogens is 6. The van der Waals surface area contributed by atoms with Crippen LogP contribution in [0.25, 0.3) is 20.9 Å². The lowest BCUT2D eigenvalue weighted by molar-refractivity contribution is -0.138. The van der Waals surface area contributed by atoms with Crippen molar-refractivity contribution >= 4 is 29.0 Å². The Labute approximate surface area is 244 Å². The van der Waals surface area contributed by atoms with Crippen molar-refractivity contribution in [3.8, 4) is 32.4 Å². The van der Waals surface area contributed by atoms with E-state index in [0.29, 0.717) is 49.8 Å². The summed E-state index contributed by atoms with van der Waals surface area (Å²) in [5.41, 5.74) is 0.632. The highest BCUT2D eigenvalue weighted by atomic mass is 32.1. The van der Waals surface area contributed by atoms with Crippen LogP contribution in [0.1, 0.15) is 27.0 Å². The standard InChI is InChI=1S/C14H13F3O3S.C14H11F3O3S/c2*1-19-8-20-12-10(6-18)7-21-13(12)9-2-4-11(5-3-9)14(15,16)17/h2-5,7,18H,6,8H2,1H3;2-7H,8H2,1H3. The maximum absolute atomic E-state index is 12.6. The molecule has 1 N–H and O–H groups in total. The van der Waals surface area contributed by atoms with Crippen LogP contribution in [-0.2, 0) is 28.4 Å². The average molecular weight is 635 g/mol. The van der Waals surface area contributed by atoms with Crippen LogP contribution in [0.5, 0.6) is 11.5 Å². The largest absolute Gasteiger partial charge is 0.466 e. The van der Waals surface area contributed by atoms with E-state index in [9.17, 15) is 36.2 Å². The zero-order valence-corrected chi connectivity index (χ0v) is 23.7. The summed E-state index contributed by atoms with van der Waals surface area (Å²) in [5, 5.41) is 12.6. The number of hydrogen-bond acceptors (Lipinski definition) is 8. The van der Waals surface area contributed by atoms with Gasteiger partial charge in [-0.1, -0.05) is 24.3 Å². The Morgan fingerprint density at radius 1 is 0.714 bits per heavy atom. The fourth-order valence-electron chi connectivity index (χ4n) is 3.50. The summed E-state index contributed by atoms with van der Waals surface area (Å²) >= 11 is 2.52. The van der Waals surface area contributed by atoms with Crippen LogP contribution in [0.2, 0.25) is 0 Å². The minimum atomic E-state index is -4.38. The SMILES string of the molecule is COCOc1c(C=O)csc1-c1ccc(C(F)(F)F)cc1.COCOc1c(CO)csc1-c1ccc(C(F)(F)F)cc1. The second-order valence-electron chi connectivity index (χ2n) is 8.30. The summed E-state index contributed by atoms with van der Waals surface area (Å²) in [5.74, 6) is 0.751. The fraction of sp³-hybridized carbons (Fsp3) is 0.250. The second kappa shape index (κ2) is 14.6. The van der Waals surface area contributed by atoms with E-state index in [0.717, 1.165) is 24.3 Å². The van der Waals surface area contributed by atoms with E-state index in [-0.39, 0.29) is 20.2 Å². The molecule has 226 valence electrons. The van der Waals surface area contributed by atoms with Gasteiger partial charge < -0.3 is 24.1 Å². The first kappa shape index (κ1) is 33.1. The smallest absolute Gasteiger partial charge is 0.416 e. The molecule has 0 aliphatic carbocycles. The molecule has 2 heterocycles. The molecule has 2 aromatic heterocycles. The number of aliphatic hydroxyl groups is 1. The minimum Gasteiger partial charge on any atom is -0.466 e. The number of carbonyl (C=O) groups excluding carboxylic acids is 1. The molecule has 0 unspecified atom stereocenters. The lowest BCUT2D eigenvalue weighted by Gasteiger charge is -2.10. The molecule has 0 aliphatic rings. The third-order valence-corrected chi connectivity index (χ3v) is 7.57. The molecule has 42 heavy (non-hydrogen) atoms. The number of thiophene rings is 2. The van der Waals surface area contributed by atoms with Crippen molar-refractivity contribution in [2.45, 2.75) is 19.0 Å². The maximum Gasteiger partial charge on any atom is 0.416 e. The Hall–Kier alpha value is -3.43. The average Bonchev–Trinajstić information content (AvgIpc) is 3.58. The molecule has 0 bridgehead atoms. The van der Waals surface area contributed by atoms with E-state index in [4.69, 9.17) is 18.9 Å². The van der Waals surface area contributed by atoms with Gasteiger partial charge >= 0.3 is 12.4 Å². The number of benzene rings is 2. The Balaban J connectivity index is 0.000000230. The highest BCUT2D eigenvalue weighted by Gasteiger charge is 2.31. The van der Waals surface area contributed by atoms with Crippen molar-refractivity contribution < 1.29 is 55.2 Å². The van der Waals surface area contributed by atoms with Gasteiger partial charge in [-0.3, -0.25) is 4.79 Å². The third kappa shape index (κ3) is 8.32. The number of aliphatic hydroxyl groups excluding tert-OH is 1. The summed E-state index contributed by atoms with van der Waals surface area (Å²) in [6, 6.07) is 9.50. The van der Waals surface area contributed by atoms with E-state index in [1.807, 2.05) is 0 Å². The molecular formula is C28H24F6O6S2. The van der Waals surface area contributed by atoms with Crippen molar-refractivity contribution in [1.29, 1.82) is 0 Å². The second-order valence-corrected chi connectivity index (χ2v) is 10.1. The zero-order chi connectivity index (χ0) is 30.9. The molecule has 14 heteroatoms.